The Hall–Kier alpha value is -0.603. The molecule has 0 aliphatic carbocycles. The van der Waals surface area contributed by atoms with E-state index < -0.39 is 70.6 Å². The van der Waals surface area contributed by atoms with Crippen LogP contribution in [0.1, 0.15) is 0 Å². The minimum atomic E-state index is -4.05. The second-order valence-electron chi connectivity index (χ2n) is 5.46. The van der Waals surface area contributed by atoms with Crippen molar-refractivity contribution in [3.8, 4) is 0 Å². The Bertz CT molecular complexity index is 412. The number of hydrogen-bond acceptors (Lipinski definition) is 3. The SMILES string of the molecule is CO[Si](CC(F)C(F)C(F)C(F)C(F)C(F)C(F)C(F)C(F)F)(OC)OC. The standard InChI is InChI=1S/C13H20F10O3Si/c1-24-27(25-2,26-3)4-5(14)6(15)7(16)8(17)9(18)10(19)11(20)12(21)13(22)23/h5-13H,4H2,1-3H3. The maximum absolute atomic E-state index is 13.9. The summed E-state index contributed by atoms with van der Waals surface area (Å²) in [5.74, 6) is 0. The zero-order valence-electron chi connectivity index (χ0n) is 14.4. The van der Waals surface area contributed by atoms with Gasteiger partial charge < -0.3 is 13.3 Å². The molecule has 0 rings (SSSR count). The van der Waals surface area contributed by atoms with Crippen LogP contribution < -0.4 is 0 Å². The van der Waals surface area contributed by atoms with Crippen LogP contribution in [-0.4, -0.2) is 85.9 Å². The van der Waals surface area contributed by atoms with Crippen LogP contribution in [0.15, 0.2) is 0 Å². The van der Waals surface area contributed by atoms with Gasteiger partial charge in [0.25, 0.3) is 6.43 Å². The molecule has 164 valence electrons. The van der Waals surface area contributed by atoms with E-state index in [1.54, 1.807) is 0 Å². The van der Waals surface area contributed by atoms with Gasteiger partial charge in [0, 0.05) is 21.3 Å². The third-order valence-electron chi connectivity index (χ3n) is 3.79. The molecule has 0 fully saturated rings. The van der Waals surface area contributed by atoms with Crippen LogP contribution in [0.25, 0.3) is 0 Å². The third kappa shape index (κ3) is 6.75. The van der Waals surface area contributed by atoms with Crippen molar-refractivity contribution in [2.24, 2.45) is 0 Å². The number of rotatable bonds is 13. The van der Waals surface area contributed by atoms with Crippen LogP contribution in [0.5, 0.6) is 0 Å². The molecule has 0 amide bonds. The van der Waals surface area contributed by atoms with Crippen molar-refractivity contribution in [1.82, 2.24) is 0 Å². The summed E-state index contributed by atoms with van der Waals surface area (Å²) in [6, 6.07) is -1.02. The fourth-order valence-corrected chi connectivity index (χ4v) is 3.77. The molecule has 0 saturated heterocycles. The molecule has 0 spiro atoms. The van der Waals surface area contributed by atoms with Crippen molar-refractivity contribution in [3.63, 3.8) is 0 Å². The Morgan fingerprint density at radius 1 is 0.519 bits per heavy atom. The minimum absolute atomic E-state index is 1.01. The maximum Gasteiger partial charge on any atom is 0.503 e. The van der Waals surface area contributed by atoms with Gasteiger partial charge in [0.05, 0.1) is 6.04 Å². The zero-order chi connectivity index (χ0) is 21.5. The van der Waals surface area contributed by atoms with Crippen molar-refractivity contribution in [2.45, 2.75) is 61.8 Å². The molecular formula is C13H20F10O3Si. The highest BCUT2D eigenvalue weighted by Crippen LogP contribution is 2.30. The van der Waals surface area contributed by atoms with E-state index in [4.69, 9.17) is 13.3 Å². The van der Waals surface area contributed by atoms with Crippen LogP contribution in [-0.2, 0) is 13.3 Å². The molecule has 8 atom stereocenters. The van der Waals surface area contributed by atoms with Gasteiger partial charge in [-0.3, -0.25) is 0 Å². The largest absolute Gasteiger partial charge is 0.503 e. The molecule has 0 radical (unpaired) electrons. The normalized spacial score (nSPS) is 22.0. The van der Waals surface area contributed by atoms with E-state index in [-0.39, 0.29) is 0 Å². The fourth-order valence-electron chi connectivity index (χ4n) is 2.07. The van der Waals surface area contributed by atoms with Gasteiger partial charge in [0.2, 0.25) is 0 Å². The average Bonchev–Trinajstić information content (AvgIpc) is 2.67. The Morgan fingerprint density at radius 2 is 0.815 bits per heavy atom. The van der Waals surface area contributed by atoms with Gasteiger partial charge in [-0.1, -0.05) is 0 Å². The van der Waals surface area contributed by atoms with Gasteiger partial charge in [0.15, 0.2) is 43.2 Å². The predicted molar refractivity (Wildman–Crippen MR) is 76.8 cm³/mol. The Kier molecular flexibility index (Phi) is 11.2. The Labute approximate surface area is 150 Å². The van der Waals surface area contributed by atoms with Gasteiger partial charge in [-0.05, 0) is 0 Å². The van der Waals surface area contributed by atoms with Crippen molar-refractivity contribution < 1.29 is 57.2 Å². The van der Waals surface area contributed by atoms with Gasteiger partial charge in [-0.15, -0.1) is 0 Å². The number of halogens is 10. The van der Waals surface area contributed by atoms with Gasteiger partial charge in [-0.2, -0.15) is 0 Å². The van der Waals surface area contributed by atoms with Crippen molar-refractivity contribution in [1.29, 1.82) is 0 Å². The van der Waals surface area contributed by atoms with E-state index in [0.29, 0.717) is 0 Å². The number of hydrogen-bond donors (Lipinski definition) is 0. The molecule has 0 bridgehead atoms. The molecule has 27 heavy (non-hydrogen) atoms. The Morgan fingerprint density at radius 3 is 1.11 bits per heavy atom. The zero-order valence-corrected chi connectivity index (χ0v) is 15.4. The lowest BCUT2D eigenvalue weighted by Gasteiger charge is -2.29. The quantitative estimate of drug-likeness (QED) is 0.321. The molecule has 0 N–H and O–H groups in total. The van der Waals surface area contributed by atoms with Gasteiger partial charge in [-0.25, -0.2) is 43.9 Å². The highest BCUT2D eigenvalue weighted by molar-refractivity contribution is 6.60. The maximum atomic E-state index is 13.9. The van der Waals surface area contributed by atoms with E-state index in [2.05, 4.69) is 0 Å². The minimum Gasteiger partial charge on any atom is -0.377 e. The van der Waals surface area contributed by atoms with Crippen LogP contribution in [0, 0.1) is 0 Å². The molecule has 0 aromatic heterocycles. The molecule has 8 unspecified atom stereocenters. The molecule has 0 aliphatic heterocycles. The summed E-state index contributed by atoms with van der Waals surface area (Å²) in [7, 11) is -0.762. The van der Waals surface area contributed by atoms with Crippen LogP contribution in [0.4, 0.5) is 43.9 Å². The lowest BCUT2D eigenvalue weighted by Crippen LogP contribution is -2.50. The average molecular weight is 442 g/mol. The summed E-state index contributed by atoms with van der Waals surface area (Å²) in [5, 5.41) is 0. The highest BCUT2D eigenvalue weighted by atomic mass is 28.4. The summed E-state index contributed by atoms with van der Waals surface area (Å²) in [5.41, 5.74) is 0. The molecule has 0 aromatic carbocycles. The molecule has 0 saturated carbocycles. The summed E-state index contributed by atoms with van der Waals surface area (Å²) in [4.78, 5) is 0. The monoisotopic (exact) mass is 442 g/mol. The summed E-state index contributed by atoms with van der Waals surface area (Å²) >= 11 is 0. The van der Waals surface area contributed by atoms with E-state index >= 15 is 0 Å². The topological polar surface area (TPSA) is 27.7 Å². The Balaban J connectivity index is 5.06. The second-order valence-corrected chi connectivity index (χ2v) is 8.46. The molecule has 0 heterocycles. The summed E-state index contributed by atoms with van der Waals surface area (Å²) in [6.45, 7) is 0. The summed E-state index contributed by atoms with van der Waals surface area (Å²) in [6.07, 6.45) is -33.1. The van der Waals surface area contributed by atoms with Crippen LogP contribution in [0.2, 0.25) is 6.04 Å². The van der Waals surface area contributed by atoms with Gasteiger partial charge >= 0.3 is 8.80 Å². The van der Waals surface area contributed by atoms with E-state index in [1.807, 2.05) is 0 Å². The number of alkyl halides is 10. The van der Waals surface area contributed by atoms with Gasteiger partial charge in [0.1, 0.15) is 6.17 Å². The van der Waals surface area contributed by atoms with Crippen molar-refractivity contribution >= 4 is 8.80 Å². The third-order valence-corrected chi connectivity index (χ3v) is 6.55. The second kappa shape index (κ2) is 11.4. The first-order valence-electron chi connectivity index (χ1n) is 7.45. The molecule has 0 aromatic rings. The van der Waals surface area contributed by atoms with Crippen molar-refractivity contribution in [2.75, 3.05) is 21.3 Å². The van der Waals surface area contributed by atoms with E-state index in [9.17, 15) is 43.9 Å². The lowest BCUT2D eigenvalue weighted by molar-refractivity contribution is -0.0696. The summed E-state index contributed by atoms with van der Waals surface area (Å²) < 4.78 is 146. The highest BCUT2D eigenvalue weighted by Gasteiger charge is 2.51. The molecule has 3 nitrogen and oxygen atoms in total. The van der Waals surface area contributed by atoms with Crippen LogP contribution >= 0.6 is 0 Å². The van der Waals surface area contributed by atoms with E-state index in [1.165, 1.54) is 0 Å². The molecule has 0 aliphatic rings. The lowest BCUT2D eigenvalue weighted by atomic mass is 9.98. The first-order valence-corrected chi connectivity index (χ1v) is 9.38. The first kappa shape index (κ1) is 26.4. The fraction of sp³-hybridized carbons (Fsp3) is 1.00. The molecule has 14 heteroatoms. The molecular weight excluding hydrogens is 422 g/mol. The predicted octanol–water partition coefficient (Wildman–Crippen LogP) is 3.83. The van der Waals surface area contributed by atoms with Crippen LogP contribution in [0.3, 0.4) is 0 Å². The first-order chi connectivity index (χ1) is 12.4. The van der Waals surface area contributed by atoms with Crippen molar-refractivity contribution in [3.05, 3.63) is 0 Å². The van der Waals surface area contributed by atoms with E-state index in [0.717, 1.165) is 21.3 Å². The smallest absolute Gasteiger partial charge is 0.377 e.